The summed E-state index contributed by atoms with van der Waals surface area (Å²) in [5.41, 5.74) is 0. The maximum Gasteiger partial charge on any atom is 0.472 e. The molecular weight excluding hydrogens is 355 g/mol. The monoisotopic (exact) mass is 376 g/mol. The van der Waals surface area contributed by atoms with Gasteiger partial charge in [-0.15, -0.1) is 0 Å². The third-order valence-electron chi connectivity index (χ3n) is 3.24. The minimum atomic E-state index is -4.93. The molecule has 0 heterocycles. The molecule has 1 aliphatic carbocycles. The number of aliphatic hydroxyl groups is 6. The lowest BCUT2D eigenvalue weighted by atomic mass is 9.85. The van der Waals surface area contributed by atoms with Crippen LogP contribution in [0.4, 0.5) is 0 Å². The Labute approximate surface area is 136 Å². The molecule has 0 saturated heterocycles. The van der Waals surface area contributed by atoms with E-state index in [9.17, 15) is 44.9 Å². The number of carbonyl (C=O) groups is 1. The average molecular weight is 376 g/mol. The first-order valence-electron chi connectivity index (χ1n) is 6.83. The minimum Gasteiger partial charge on any atom is -0.463 e. The SMILES string of the molecule is CC(=O)OCC(O)COP(=O)(O)OC1C(O)C(O)C(O)C(O)C1O. The van der Waals surface area contributed by atoms with Gasteiger partial charge in [-0.2, -0.15) is 0 Å². The normalized spacial score (nSPS) is 37.5. The first-order valence-corrected chi connectivity index (χ1v) is 8.33. The number of aliphatic hydroxyl groups excluding tert-OH is 6. The second-order valence-electron chi connectivity index (χ2n) is 5.24. The molecule has 6 atom stereocenters. The van der Waals surface area contributed by atoms with E-state index in [1.807, 2.05) is 0 Å². The number of carbonyl (C=O) groups excluding carboxylic acids is 1. The Balaban J connectivity index is 2.62. The third kappa shape index (κ3) is 5.70. The van der Waals surface area contributed by atoms with Crippen molar-refractivity contribution in [3.05, 3.63) is 0 Å². The van der Waals surface area contributed by atoms with Crippen LogP contribution in [0, 0.1) is 0 Å². The smallest absolute Gasteiger partial charge is 0.463 e. The molecule has 0 aromatic carbocycles. The summed E-state index contributed by atoms with van der Waals surface area (Å²) in [6.07, 6.45) is -13.1. The number of phosphoric acid groups is 1. The highest BCUT2D eigenvalue weighted by atomic mass is 31.2. The van der Waals surface area contributed by atoms with Gasteiger partial charge in [-0.05, 0) is 0 Å². The predicted molar refractivity (Wildman–Crippen MR) is 73.3 cm³/mol. The van der Waals surface area contributed by atoms with E-state index in [4.69, 9.17) is 0 Å². The summed E-state index contributed by atoms with van der Waals surface area (Å²) in [5, 5.41) is 57.1. The zero-order valence-electron chi connectivity index (χ0n) is 12.6. The van der Waals surface area contributed by atoms with Crippen molar-refractivity contribution in [1.29, 1.82) is 0 Å². The molecule has 0 aliphatic heterocycles. The second kappa shape index (κ2) is 8.63. The Kier molecular flexibility index (Phi) is 7.69. The minimum absolute atomic E-state index is 0.506. The summed E-state index contributed by atoms with van der Waals surface area (Å²) < 4.78 is 25.1. The van der Waals surface area contributed by atoms with Crippen LogP contribution in [0.3, 0.4) is 0 Å². The van der Waals surface area contributed by atoms with Gasteiger partial charge in [-0.25, -0.2) is 4.57 Å². The lowest BCUT2D eigenvalue weighted by molar-refractivity contribution is -0.220. The Morgan fingerprint density at radius 2 is 1.46 bits per heavy atom. The molecule has 0 aromatic rings. The van der Waals surface area contributed by atoms with Crippen molar-refractivity contribution in [2.45, 2.75) is 49.7 Å². The molecule has 12 nitrogen and oxygen atoms in total. The molecule has 7 N–H and O–H groups in total. The molecule has 0 spiro atoms. The van der Waals surface area contributed by atoms with Crippen molar-refractivity contribution in [3.8, 4) is 0 Å². The van der Waals surface area contributed by atoms with Gasteiger partial charge < -0.3 is 40.3 Å². The number of hydrogen-bond donors (Lipinski definition) is 7. The largest absolute Gasteiger partial charge is 0.472 e. The summed E-state index contributed by atoms with van der Waals surface area (Å²) in [4.78, 5) is 20.1. The van der Waals surface area contributed by atoms with Gasteiger partial charge in [0.25, 0.3) is 0 Å². The van der Waals surface area contributed by atoms with Gasteiger partial charge in [0.05, 0.1) is 6.61 Å². The molecule has 142 valence electrons. The fourth-order valence-electron chi connectivity index (χ4n) is 1.95. The van der Waals surface area contributed by atoms with Crippen LogP contribution in [0.15, 0.2) is 0 Å². The van der Waals surface area contributed by atoms with Crippen LogP contribution in [0.25, 0.3) is 0 Å². The van der Waals surface area contributed by atoms with Crippen molar-refractivity contribution in [2.24, 2.45) is 0 Å². The highest BCUT2D eigenvalue weighted by Crippen LogP contribution is 2.47. The van der Waals surface area contributed by atoms with Gasteiger partial charge >= 0.3 is 13.8 Å². The first kappa shape index (κ1) is 21.4. The van der Waals surface area contributed by atoms with Crippen LogP contribution in [0.1, 0.15) is 6.92 Å². The van der Waals surface area contributed by atoms with Crippen molar-refractivity contribution in [3.63, 3.8) is 0 Å². The van der Waals surface area contributed by atoms with Gasteiger partial charge in [0.1, 0.15) is 49.3 Å². The molecule has 0 radical (unpaired) electrons. The second-order valence-corrected chi connectivity index (χ2v) is 6.65. The number of ether oxygens (including phenoxy) is 1. The fraction of sp³-hybridized carbons (Fsp3) is 0.909. The van der Waals surface area contributed by atoms with Gasteiger partial charge in [-0.1, -0.05) is 0 Å². The van der Waals surface area contributed by atoms with Crippen LogP contribution in [0.5, 0.6) is 0 Å². The molecule has 0 amide bonds. The molecule has 1 saturated carbocycles. The molecule has 1 rings (SSSR count). The maximum atomic E-state index is 11.8. The van der Waals surface area contributed by atoms with Crippen LogP contribution in [-0.2, 0) is 23.1 Å². The molecule has 13 heteroatoms. The summed E-state index contributed by atoms with van der Waals surface area (Å²) >= 11 is 0. The van der Waals surface area contributed by atoms with Crippen LogP contribution in [0.2, 0.25) is 0 Å². The van der Waals surface area contributed by atoms with E-state index < -0.39 is 69.7 Å². The lowest BCUT2D eigenvalue weighted by Crippen LogP contribution is -2.64. The Morgan fingerprint density at radius 1 is 1.00 bits per heavy atom. The predicted octanol–water partition coefficient (Wildman–Crippen LogP) is -3.77. The van der Waals surface area contributed by atoms with Crippen molar-refractivity contribution in [1.82, 2.24) is 0 Å². The third-order valence-corrected chi connectivity index (χ3v) is 4.22. The van der Waals surface area contributed by atoms with Gasteiger partial charge in [0, 0.05) is 6.92 Å². The topological polar surface area (TPSA) is 203 Å². The van der Waals surface area contributed by atoms with E-state index in [0.717, 1.165) is 6.92 Å². The molecule has 1 aliphatic rings. The maximum absolute atomic E-state index is 11.8. The standard InChI is InChI=1S/C11H21O12P/c1-4(12)21-2-5(13)3-22-24(19,20)23-11-9(17)7(15)6(14)8(16)10(11)18/h5-11,13-18H,2-3H2,1H3,(H,19,20). The number of rotatable bonds is 7. The first-order chi connectivity index (χ1) is 11.0. The van der Waals surface area contributed by atoms with Crippen LogP contribution < -0.4 is 0 Å². The van der Waals surface area contributed by atoms with Crippen molar-refractivity contribution in [2.75, 3.05) is 13.2 Å². The molecular formula is C11H21O12P. The molecule has 0 bridgehead atoms. The Bertz CT molecular complexity index is 456. The van der Waals surface area contributed by atoms with Gasteiger partial charge in [-0.3, -0.25) is 13.8 Å². The average Bonchev–Trinajstić information content (AvgIpc) is 2.51. The highest BCUT2D eigenvalue weighted by molar-refractivity contribution is 7.47. The van der Waals surface area contributed by atoms with E-state index in [1.54, 1.807) is 0 Å². The lowest BCUT2D eigenvalue weighted by Gasteiger charge is -2.41. The van der Waals surface area contributed by atoms with E-state index in [1.165, 1.54) is 0 Å². The van der Waals surface area contributed by atoms with E-state index in [0.29, 0.717) is 0 Å². The fourth-order valence-corrected chi connectivity index (χ4v) is 2.93. The van der Waals surface area contributed by atoms with Crippen LogP contribution in [-0.4, -0.2) is 97.4 Å². The number of hydrogen-bond acceptors (Lipinski definition) is 11. The van der Waals surface area contributed by atoms with Crippen LogP contribution >= 0.6 is 7.82 Å². The number of esters is 1. The summed E-state index contributed by atoms with van der Waals surface area (Å²) in [5.74, 6) is -0.688. The quantitative estimate of drug-likeness (QED) is 0.169. The summed E-state index contributed by atoms with van der Waals surface area (Å²) in [6, 6.07) is 0. The molecule has 24 heavy (non-hydrogen) atoms. The van der Waals surface area contributed by atoms with Gasteiger partial charge in [0.15, 0.2) is 0 Å². The summed E-state index contributed by atoms with van der Waals surface area (Å²) in [7, 11) is -4.93. The van der Waals surface area contributed by atoms with E-state index in [2.05, 4.69) is 13.8 Å². The van der Waals surface area contributed by atoms with E-state index in [-0.39, 0.29) is 0 Å². The molecule has 1 fully saturated rings. The highest BCUT2D eigenvalue weighted by Gasteiger charge is 2.51. The number of phosphoric ester groups is 1. The zero-order chi connectivity index (χ0) is 18.7. The molecule has 0 aromatic heterocycles. The molecule has 6 unspecified atom stereocenters. The van der Waals surface area contributed by atoms with Gasteiger partial charge in [0.2, 0.25) is 0 Å². The summed E-state index contributed by atoms with van der Waals surface area (Å²) in [6.45, 7) is -0.203. The van der Waals surface area contributed by atoms with E-state index >= 15 is 0 Å². The van der Waals surface area contributed by atoms with Crippen molar-refractivity contribution < 1.29 is 58.7 Å². The Hall–Kier alpha value is -0.660. The van der Waals surface area contributed by atoms with Crippen molar-refractivity contribution >= 4 is 13.8 Å². The Morgan fingerprint density at radius 3 is 1.92 bits per heavy atom. The zero-order valence-corrected chi connectivity index (χ0v) is 13.5.